The summed E-state index contributed by atoms with van der Waals surface area (Å²) in [7, 11) is 0. The number of hydrogen-bond acceptors (Lipinski definition) is 7. The summed E-state index contributed by atoms with van der Waals surface area (Å²) < 4.78 is 5.01. The summed E-state index contributed by atoms with van der Waals surface area (Å²) in [6, 6.07) is 0.249. The van der Waals surface area contributed by atoms with Gasteiger partial charge in [0.2, 0.25) is 0 Å². The minimum Gasteiger partial charge on any atom is -0.462 e. The fraction of sp³-hybridized carbons (Fsp3) is 0.636. The molecule has 0 unspecified atom stereocenters. The van der Waals surface area contributed by atoms with Gasteiger partial charge in [-0.2, -0.15) is 0 Å². The number of carbonyl (C=O) groups excluding carboxylic acids is 1. The van der Waals surface area contributed by atoms with Crippen LogP contribution in [0.5, 0.6) is 0 Å². The van der Waals surface area contributed by atoms with Gasteiger partial charge in [-0.25, -0.2) is 10.2 Å². The Kier molecular flexibility index (Phi) is 6.00. The van der Waals surface area contributed by atoms with E-state index in [0.717, 1.165) is 5.17 Å². The van der Waals surface area contributed by atoms with E-state index in [1.54, 1.807) is 6.92 Å². The zero-order valence-corrected chi connectivity index (χ0v) is 12.0. The molecular formula is C11H20N4O2S. The molecule has 102 valence electrons. The zero-order chi connectivity index (χ0) is 13.5. The van der Waals surface area contributed by atoms with E-state index in [1.165, 1.54) is 11.8 Å². The third-order valence-electron chi connectivity index (χ3n) is 2.12. The van der Waals surface area contributed by atoms with Crippen molar-refractivity contribution in [2.24, 2.45) is 4.99 Å². The van der Waals surface area contributed by atoms with Gasteiger partial charge >= 0.3 is 5.97 Å². The molecule has 6 nitrogen and oxygen atoms in total. The van der Waals surface area contributed by atoms with E-state index < -0.39 is 0 Å². The maximum absolute atomic E-state index is 11.8. The lowest BCUT2D eigenvalue weighted by Gasteiger charge is -2.22. The van der Waals surface area contributed by atoms with Crippen molar-refractivity contribution in [1.82, 2.24) is 16.2 Å². The molecule has 3 N–H and O–H groups in total. The van der Waals surface area contributed by atoms with Crippen LogP contribution < -0.4 is 16.2 Å². The molecule has 0 aromatic rings. The number of ether oxygens (including phenoxy) is 1. The van der Waals surface area contributed by atoms with Crippen molar-refractivity contribution in [2.75, 3.05) is 19.4 Å². The van der Waals surface area contributed by atoms with Gasteiger partial charge in [0, 0.05) is 6.04 Å². The van der Waals surface area contributed by atoms with Crippen LogP contribution in [0.15, 0.2) is 16.4 Å². The number of rotatable bonds is 5. The Morgan fingerprint density at radius 1 is 1.61 bits per heavy atom. The second-order valence-electron chi connectivity index (χ2n) is 3.95. The van der Waals surface area contributed by atoms with Crippen molar-refractivity contribution in [3.05, 3.63) is 11.4 Å². The molecule has 1 aliphatic rings. The van der Waals surface area contributed by atoms with Crippen LogP contribution in [0.25, 0.3) is 0 Å². The molecule has 0 spiro atoms. The first-order valence-electron chi connectivity index (χ1n) is 5.85. The second kappa shape index (κ2) is 7.27. The number of nitrogens with zero attached hydrogens (tertiary/aromatic N) is 1. The highest BCUT2D eigenvalue weighted by molar-refractivity contribution is 8.13. The van der Waals surface area contributed by atoms with Crippen molar-refractivity contribution in [3.63, 3.8) is 0 Å². The van der Waals surface area contributed by atoms with Crippen LogP contribution in [0.1, 0.15) is 20.8 Å². The van der Waals surface area contributed by atoms with Crippen LogP contribution in [0.4, 0.5) is 0 Å². The van der Waals surface area contributed by atoms with Crippen LogP contribution in [-0.2, 0) is 9.53 Å². The summed E-state index contributed by atoms with van der Waals surface area (Å²) in [5.74, 6) is 0.267. The Balaban J connectivity index is 2.79. The maximum atomic E-state index is 11.8. The fourth-order valence-electron chi connectivity index (χ4n) is 1.28. The van der Waals surface area contributed by atoms with Crippen LogP contribution in [0.3, 0.4) is 0 Å². The fourth-order valence-corrected chi connectivity index (χ4v) is 1.67. The molecule has 0 saturated carbocycles. The molecule has 0 radical (unpaired) electrons. The predicted octanol–water partition coefficient (Wildman–Crippen LogP) is 0.586. The molecule has 18 heavy (non-hydrogen) atoms. The van der Waals surface area contributed by atoms with Crippen LogP contribution in [-0.4, -0.2) is 36.6 Å². The summed E-state index contributed by atoms with van der Waals surface area (Å²) in [4.78, 5) is 16.0. The van der Waals surface area contributed by atoms with E-state index in [1.807, 2.05) is 20.1 Å². The molecule has 0 aromatic carbocycles. The SMILES string of the molecule is CCOC(=O)C1=C(NNC(C)C)NC(SC)=NC1. The number of nitrogens with one attached hydrogen (secondary N) is 3. The Morgan fingerprint density at radius 2 is 2.33 bits per heavy atom. The molecule has 0 saturated heterocycles. The number of hydrogen-bond donors (Lipinski definition) is 3. The lowest BCUT2D eigenvalue weighted by molar-refractivity contribution is -0.138. The molecule has 1 rings (SSSR count). The largest absolute Gasteiger partial charge is 0.462 e. The van der Waals surface area contributed by atoms with Crippen LogP contribution >= 0.6 is 11.8 Å². The highest BCUT2D eigenvalue weighted by atomic mass is 32.2. The molecule has 1 aliphatic heterocycles. The number of thioether (sulfide) groups is 1. The first kappa shape index (κ1) is 14.8. The molecule has 0 aromatic heterocycles. The molecule has 0 bridgehead atoms. The van der Waals surface area contributed by atoms with E-state index in [-0.39, 0.29) is 12.0 Å². The van der Waals surface area contributed by atoms with Gasteiger partial charge in [0.15, 0.2) is 5.17 Å². The molecule has 0 fully saturated rings. The van der Waals surface area contributed by atoms with Crippen molar-refractivity contribution < 1.29 is 9.53 Å². The lowest BCUT2D eigenvalue weighted by Crippen LogP contribution is -2.45. The summed E-state index contributed by atoms with van der Waals surface area (Å²) in [5, 5.41) is 3.84. The second-order valence-corrected chi connectivity index (χ2v) is 4.74. The van der Waals surface area contributed by atoms with E-state index in [0.29, 0.717) is 24.5 Å². The molecule has 0 aliphatic carbocycles. The average molecular weight is 272 g/mol. The van der Waals surface area contributed by atoms with Gasteiger partial charge in [-0.3, -0.25) is 4.99 Å². The van der Waals surface area contributed by atoms with Gasteiger partial charge in [0.25, 0.3) is 0 Å². The van der Waals surface area contributed by atoms with Gasteiger partial charge in [-0.1, -0.05) is 11.8 Å². The molecule has 1 heterocycles. The average Bonchev–Trinajstić information content (AvgIpc) is 2.36. The van der Waals surface area contributed by atoms with Crippen molar-refractivity contribution in [2.45, 2.75) is 26.8 Å². The Labute approximate surface area is 112 Å². The van der Waals surface area contributed by atoms with E-state index >= 15 is 0 Å². The summed E-state index contributed by atoms with van der Waals surface area (Å²) in [6.45, 7) is 6.47. The number of aliphatic imine (C=N–C) groups is 1. The number of hydrazine groups is 1. The molecule has 7 heteroatoms. The van der Waals surface area contributed by atoms with Gasteiger partial charge in [-0.05, 0) is 27.0 Å². The monoisotopic (exact) mass is 272 g/mol. The van der Waals surface area contributed by atoms with Gasteiger partial charge in [0.1, 0.15) is 11.4 Å². The maximum Gasteiger partial charge on any atom is 0.339 e. The third kappa shape index (κ3) is 4.23. The topological polar surface area (TPSA) is 74.8 Å². The lowest BCUT2D eigenvalue weighted by atomic mass is 10.2. The number of carbonyl (C=O) groups is 1. The highest BCUT2D eigenvalue weighted by Crippen LogP contribution is 2.11. The molecule has 0 amide bonds. The van der Waals surface area contributed by atoms with Gasteiger partial charge < -0.3 is 15.5 Å². The van der Waals surface area contributed by atoms with Crippen molar-refractivity contribution in [3.8, 4) is 0 Å². The van der Waals surface area contributed by atoms with Crippen molar-refractivity contribution in [1.29, 1.82) is 0 Å². The Hall–Kier alpha value is -1.21. The van der Waals surface area contributed by atoms with E-state index in [4.69, 9.17) is 4.74 Å². The first-order valence-corrected chi connectivity index (χ1v) is 7.08. The van der Waals surface area contributed by atoms with E-state index in [2.05, 4.69) is 21.2 Å². The number of esters is 1. The number of amidine groups is 1. The van der Waals surface area contributed by atoms with Crippen LogP contribution in [0, 0.1) is 0 Å². The predicted molar refractivity (Wildman–Crippen MR) is 74.0 cm³/mol. The first-order chi connectivity index (χ1) is 8.58. The Morgan fingerprint density at radius 3 is 2.89 bits per heavy atom. The minimum atomic E-state index is -0.345. The highest BCUT2D eigenvalue weighted by Gasteiger charge is 2.21. The zero-order valence-electron chi connectivity index (χ0n) is 11.2. The standard InChI is InChI=1S/C11H20N4O2S/c1-5-17-10(16)8-6-12-11(18-4)13-9(8)15-14-7(2)3/h7,14-15H,5-6H2,1-4H3,(H,12,13). The summed E-state index contributed by atoms with van der Waals surface area (Å²) >= 11 is 1.50. The van der Waals surface area contributed by atoms with Crippen LogP contribution in [0.2, 0.25) is 0 Å². The summed E-state index contributed by atoms with van der Waals surface area (Å²) in [6.07, 6.45) is 1.93. The Bertz CT molecular complexity index is 366. The van der Waals surface area contributed by atoms with Gasteiger partial charge in [0.05, 0.1) is 13.2 Å². The normalized spacial score (nSPS) is 15.3. The van der Waals surface area contributed by atoms with E-state index in [9.17, 15) is 4.79 Å². The third-order valence-corrected chi connectivity index (χ3v) is 2.73. The molecular weight excluding hydrogens is 252 g/mol. The quantitative estimate of drug-likeness (QED) is 0.502. The smallest absolute Gasteiger partial charge is 0.339 e. The van der Waals surface area contributed by atoms with Gasteiger partial charge in [-0.15, -0.1) is 0 Å². The summed E-state index contributed by atoms with van der Waals surface area (Å²) in [5.41, 5.74) is 6.55. The molecule has 0 atom stereocenters. The van der Waals surface area contributed by atoms with Crippen molar-refractivity contribution >= 4 is 22.9 Å². The minimum absolute atomic E-state index is 0.249.